The van der Waals surface area contributed by atoms with Crippen LogP contribution >= 0.6 is 11.3 Å². The Morgan fingerprint density at radius 2 is 1.97 bits per heavy atom. The van der Waals surface area contributed by atoms with E-state index in [2.05, 4.69) is 15.4 Å². The summed E-state index contributed by atoms with van der Waals surface area (Å²) >= 11 is 1.40. The molecule has 5 rings (SSSR count). The first kappa shape index (κ1) is 22.0. The third-order valence-corrected chi connectivity index (χ3v) is 6.79. The number of anilines is 2. The van der Waals surface area contributed by atoms with Gasteiger partial charge in [0, 0.05) is 24.2 Å². The Balaban J connectivity index is 1.29. The molecule has 34 heavy (non-hydrogen) atoms. The van der Waals surface area contributed by atoms with Crippen molar-refractivity contribution < 1.29 is 9.59 Å². The molecule has 8 nitrogen and oxygen atoms in total. The highest BCUT2D eigenvalue weighted by molar-refractivity contribution is 7.22. The number of hydrogen-bond acceptors (Lipinski definition) is 6. The van der Waals surface area contributed by atoms with E-state index in [0.717, 1.165) is 33.5 Å². The second kappa shape index (κ2) is 8.83. The maximum atomic E-state index is 13.2. The molecule has 0 saturated carbocycles. The molecule has 3 heterocycles. The second-order valence-corrected chi connectivity index (χ2v) is 9.46. The van der Waals surface area contributed by atoms with Gasteiger partial charge in [-0.3, -0.25) is 14.4 Å². The topological polar surface area (TPSA) is 97.2 Å². The number of thiazole rings is 1. The number of carbonyl (C=O) groups excluding carboxylic acids is 2. The summed E-state index contributed by atoms with van der Waals surface area (Å²) in [4.78, 5) is 44.2. The van der Waals surface area contributed by atoms with Crippen LogP contribution in [0.4, 0.5) is 10.8 Å². The van der Waals surface area contributed by atoms with Gasteiger partial charge in [0.2, 0.25) is 5.91 Å². The van der Waals surface area contributed by atoms with Gasteiger partial charge in [0.1, 0.15) is 5.69 Å². The number of aryl methyl sites for hydroxylation is 2. The summed E-state index contributed by atoms with van der Waals surface area (Å²) in [7, 11) is 0. The Morgan fingerprint density at radius 1 is 1.15 bits per heavy atom. The van der Waals surface area contributed by atoms with E-state index >= 15 is 0 Å². The molecule has 0 fully saturated rings. The van der Waals surface area contributed by atoms with Gasteiger partial charge >= 0.3 is 0 Å². The highest BCUT2D eigenvalue weighted by Crippen LogP contribution is 2.32. The number of para-hydroxylation sites is 1. The number of nitrogens with zero attached hydrogens (tertiary/aromatic N) is 4. The van der Waals surface area contributed by atoms with Crippen LogP contribution < -0.4 is 15.8 Å². The van der Waals surface area contributed by atoms with E-state index in [1.807, 2.05) is 56.3 Å². The summed E-state index contributed by atoms with van der Waals surface area (Å²) < 4.78 is 2.17. The van der Waals surface area contributed by atoms with E-state index in [4.69, 9.17) is 0 Å². The minimum atomic E-state index is -0.366. The van der Waals surface area contributed by atoms with Gasteiger partial charge in [0.25, 0.3) is 11.5 Å². The number of fused-ring (bicyclic) bond motifs is 2. The maximum Gasteiger partial charge on any atom is 0.278 e. The van der Waals surface area contributed by atoms with Crippen LogP contribution in [-0.2, 0) is 17.8 Å². The molecule has 4 aromatic rings. The van der Waals surface area contributed by atoms with E-state index in [-0.39, 0.29) is 42.1 Å². The molecule has 0 radical (unpaired) electrons. The minimum absolute atomic E-state index is 0.00421. The Labute approximate surface area is 199 Å². The SMILES string of the molecule is Cc1ccc2nc(NC(=O)CCn3nc(C(=O)N4c5ccccc5C[C@@H]4C)ccc3=O)sc2c1. The Hall–Kier alpha value is -3.85. The van der Waals surface area contributed by atoms with Crippen molar-refractivity contribution in [1.82, 2.24) is 14.8 Å². The number of hydrogen-bond donors (Lipinski definition) is 1. The third-order valence-electron chi connectivity index (χ3n) is 5.85. The first-order chi connectivity index (χ1) is 16.4. The normalized spacial score (nSPS) is 14.9. The lowest BCUT2D eigenvalue weighted by Crippen LogP contribution is -2.37. The van der Waals surface area contributed by atoms with E-state index in [1.165, 1.54) is 28.2 Å². The van der Waals surface area contributed by atoms with Crippen molar-refractivity contribution in [3.8, 4) is 0 Å². The highest BCUT2D eigenvalue weighted by atomic mass is 32.1. The smallest absolute Gasteiger partial charge is 0.278 e. The molecule has 1 aliphatic rings. The van der Waals surface area contributed by atoms with Gasteiger partial charge in [-0.15, -0.1) is 0 Å². The summed E-state index contributed by atoms with van der Waals surface area (Å²) in [5.41, 5.74) is 3.73. The molecular formula is C25H23N5O3S. The third kappa shape index (κ3) is 4.22. The lowest BCUT2D eigenvalue weighted by atomic mass is 10.1. The number of benzene rings is 2. The number of rotatable bonds is 5. The average molecular weight is 474 g/mol. The fourth-order valence-corrected chi connectivity index (χ4v) is 5.18. The van der Waals surface area contributed by atoms with Gasteiger partial charge in [-0.25, -0.2) is 9.67 Å². The summed E-state index contributed by atoms with van der Waals surface area (Å²) in [6.45, 7) is 4.05. The molecule has 1 N–H and O–H groups in total. The van der Waals surface area contributed by atoms with Crippen LogP contribution in [0.1, 0.15) is 35.0 Å². The standard InChI is InChI=1S/C25H23N5O3S/c1-15-7-8-18-21(13-15)34-25(26-18)27-22(31)11-12-29-23(32)10-9-19(28-29)24(33)30-16(2)14-17-5-3-4-6-20(17)30/h3-10,13,16H,11-12,14H2,1-2H3,(H,26,27,31)/t16-/m0/s1. The number of carbonyl (C=O) groups is 2. The van der Waals surface area contributed by atoms with Crippen LogP contribution in [0.2, 0.25) is 0 Å². The van der Waals surface area contributed by atoms with Gasteiger partial charge in [-0.1, -0.05) is 35.6 Å². The number of nitrogens with one attached hydrogen (secondary N) is 1. The second-order valence-electron chi connectivity index (χ2n) is 8.43. The van der Waals surface area contributed by atoms with Crippen LogP contribution in [0.25, 0.3) is 10.2 Å². The molecule has 2 amide bonds. The summed E-state index contributed by atoms with van der Waals surface area (Å²) in [5, 5.41) is 7.57. The molecule has 0 bridgehead atoms. The molecule has 0 unspecified atom stereocenters. The monoisotopic (exact) mass is 473 g/mol. The van der Waals surface area contributed by atoms with Crippen LogP contribution in [0, 0.1) is 6.92 Å². The van der Waals surface area contributed by atoms with Crippen molar-refractivity contribution in [2.45, 2.75) is 39.3 Å². The zero-order chi connectivity index (χ0) is 23.8. The summed E-state index contributed by atoms with van der Waals surface area (Å²) in [5.74, 6) is -0.538. The van der Waals surface area contributed by atoms with Crippen molar-refractivity contribution in [3.05, 3.63) is 81.8 Å². The Kier molecular flexibility index (Phi) is 5.70. The summed E-state index contributed by atoms with van der Waals surface area (Å²) in [6, 6.07) is 16.5. The van der Waals surface area contributed by atoms with Gasteiger partial charge in [-0.05, 0) is 55.7 Å². The van der Waals surface area contributed by atoms with Crippen LogP contribution in [0.5, 0.6) is 0 Å². The molecule has 2 aromatic heterocycles. The Morgan fingerprint density at radius 3 is 2.82 bits per heavy atom. The zero-order valence-electron chi connectivity index (χ0n) is 18.8. The molecule has 2 aromatic carbocycles. The van der Waals surface area contributed by atoms with Gasteiger partial charge in [0.05, 0.1) is 16.8 Å². The zero-order valence-corrected chi connectivity index (χ0v) is 19.6. The van der Waals surface area contributed by atoms with E-state index in [0.29, 0.717) is 5.13 Å². The first-order valence-electron chi connectivity index (χ1n) is 11.1. The van der Waals surface area contributed by atoms with E-state index < -0.39 is 0 Å². The van der Waals surface area contributed by atoms with Gasteiger partial charge in [-0.2, -0.15) is 5.10 Å². The largest absolute Gasteiger partial charge is 0.304 e. The fourth-order valence-electron chi connectivity index (χ4n) is 4.20. The molecule has 0 saturated heterocycles. The molecule has 1 atom stereocenters. The minimum Gasteiger partial charge on any atom is -0.304 e. The molecule has 9 heteroatoms. The van der Waals surface area contributed by atoms with Crippen molar-refractivity contribution in [1.29, 1.82) is 0 Å². The Bertz CT molecular complexity index is 1470. The lowest BCUT2D eigenvalue weighted by Gasteiger charge is -2.22. The van der Waals surface area contributed by atoms with Crippen molar-refractivity contribution in [2.75, 3.05) is 10.2 Å². The van der Waals surface area contributed by atoms with E-state index in [1.54, 1.807) is 4.90 Å². The van der Waals surface area contributed by atoms with Crippen molar-refractivity contribution in [2.24, 2.45) is 0 Å². The molecule has 172 valence electrons. The predicted molar refractivity (Wildman–Crippen MR) is 133 cm³/mol. The van der Waals surface area contributed by atoms with Gasteiger partial charge in [0.15, 0.2) is 5.13 Å². The highest BCUT2D eigenvalue weighted by Gasteiger charge is 2.32. The number of aromatic nitrogens is 3. The van der Waals surface area contributed by atoms with Crippen LogP contribution in [0.3, 0.4) is 0 Å². The van der Waals surface area contributed by atoms with Crippen LogP contribution in [-0.4, -0.2) is 32.6 Å². The average Bonchev–Trinajstić information content (AvgIpc) is 3.36. The van der Waals surface area contributed by atoms with Crippen LogP contribution in [0.15, 0.2) is 59.4 Å². The van der Waals surface area contributed by atoms with Gasteiger partial charge < -0.3 is 10.2 Å². The summed E-state index contributed by atoms with van der Waals surface area (Å²) in [6.07, 6.45) is 0.801. The molecular weight excluding hydrogens is 450 g/mol. The molecule has 0 spiro atoms. The van der Waals surface area contributed by atoms with Crippen molar-refractivity contribution >= 4 is 44.2 Å². The van der Waals surface area contributed by atoms with Crippen molar-refractivity contribution in [3.63, 3.8) is 0 Å². The lowest BCUT2D eigenvalue weighted by molar-refractivity contribution is -0.116. The fraction of sp³-hybridized carbons (Fsp3) is 0.240. The number of amides is 2. The molecule has 0 aliphatic carbocycles. The molecule has 1 aliphatic heterocycles. The quantitative estimate of drug-likeness (QED) is 0.476. The maximum absolute atomic E-state index is 13.2. The first-order valence-corrected chi connectivity index (χ1v) is 11.9. The predicted octanol–water partition coefficient (Wildman–Crippen LogP) is 3.78. The van der Waals surface area contributed by atoms with E-state index in [9.17, 15) is 14.4 Å².